The van der Waals surface area contributed by atoms with E-state index in [2.05, 4.69) is 6.58 Å². The van der Waals surface area contributed by atoms with Crippen LogP contribution in [0.25, 0.3) is 0 Å². The van der Waals surface area contributed by atoms with Gasteiger partial charge in [-0.05, 0) is 32.0 Å². The van der Waals surface area contributed by atoms with Crippen LogP contribution in [-0.2, 0) is 10.0 Å². The van der Waals surface area contributed by atoms with Crippen molar-refractivity contribution in [1.82, 2.24) is 0 Å². The predicted octanol–water partition coefficient (Wildman–Crippen LogP) is 1.43. The summed E-state index contributed by atoms with van der Waals surface area (Å²) in [5.41, 5.74) is 0.326. The molecule has 0 aromatic heterocycles. The van der Waals surface area contributed by atoms with Crippen LogP contribution in [0.3, 0.4) is 0 Å². The summed E-state index contributed by atoms with van der Waals surface area (Å²) in [6.45, 7) is 7.90. The Morgan fingerprint density at radius 2 is 2.10 bits per heavy atom. The van der Waals surface area contributed by atoms with E-state index in [1.165, 1.54) is 12.1 Å². The average molecular weight is 298 g/mol. The molecule has 0 spiro atoms. The number of carbonyl (C=O) groups is 1. The van der Waals surface area contributed by atoms with E-state index in [-0.39, 0.29) is 16.5 Å². The summed E-state index contributed by atoms with van der Waals surface area (Å²) in [7, 11) is -3.94. The van der Waals surface area contributed by atoms with Crippen molar-refractivity contribution < 1.29 is 18.3 Å². The van der Waals surface area contributed by atoms with Gasteiger partial charge in [0.25, 0.3) is 0 Å². The Labute approximate surface area is 118 Å². The molecule has 1 aromatic carbocycles. The predicted molar refractivity (Wildman–Crippen MR) is 77.5 cm³/mol. The van der Waals surface area contributed by atoms with Gasteiger partial charge in [0.1, 0.15) is 0 Å². The Morgan fingerprint density at radius 3 is 2.50 bits per heavy atom. The van der Waals surface area contributed by atoms with Crippen LogP contribution in [0.4, 0.5) is 5.69 Å². The fraction of sp³-hybridized carbons (Fsp3) is 0.308. The van der Waals surface area contributed by atoms with Crippen molar-refractivity contribution in [3.63, 3.8) is 0 Å². The van der Waals surface area contributed by atoms with Crippen LogP contribution in [0.2, 0.25) is 0 Å². The molecular formula is C13H18N2O4S. The van der Waals surface area contributed by atoms with Gasteiger partial charge in [0.2, 0.25) is 10.0 Å². The molecule has 0 aliphatic carbocycles. The molecule has 7 heteroatoms. The van der Waals surface area contributed by atoms with Crippen molar-refractivity contribution >= 4 is 21.7 Å². The highest BCUT2D eigenvalue weighted by Gasteiger charge is 2.20. The largest absolute Gasteiger partial charge is 0.478 e. The maximum atomic E-state index is 11.3. The first-order valence-electron chi connectivity index (χ1n) is 5.96. The van der Waals surface area contributed by atoms with Crippen molar-refractivity contribution in [3.05, 3.63) is 36.4 Å². The number of nitrogens with zero attached hydrogens (tertiary/aromatic N) is 1. The molecule has 0 heterocycles. The standard InChI is InChI=1S/C13H18N2O4S/c1-4-7-15(9(2)3)12-6-5-10(20(14,18)19)8-11(12)13(16)17/h4-6,8-9H,1,7H2,2-3H3,(H,16,17)(H2,14,18,19). The summed E-state index contributed by atoms with van der Waals surface area (Å²) >= 11 is 0. The topological polar surface area (TPSA) is 101 Å². The number of hydrogen-bond acceptors (Lipinski definition) is 4. The molecule has 0 saturated heterocycles. The molecule has 6 nitrogen and oxygen atoms in total. The first-order chi connectivity index (χ1) is 9.18. The summed E-state index contributed by atoms with van der Waals surface area (Å²) in [5.74, 6) is -1.21. The van der Waals surface area contributed by atoms with Crippen molar-refractivity contribution in [1.29, 1.82) is 0 Å². The van der Waals surface area contributed by atoms with Gasteiger partial charge in [0.15, 0.2) is 0 Å². The molecule has 0 unspecified atom stereocenters. The van der Waals surface area contributed by atoms with E-state index in [9.17, 15) is 18.3 Å². The van der Waals surface area contributed by atoms with Gasteiger partial charge >= 0.3 is 5.97 Å². The van der Waals surface area contributed by atoms with Crippen molar-refractivity contribution in [2.24, 2.45) is 5.14 Å². The van der Waals surface area contributed by atoms with E-state index < -0.39 is 16.0 Å². The molecule has 1 rings (SSSR count). The number of primary sulfonamides is 1. The first kappa shape index (κ1) is 16.2. The summed E-state index contributed by atoms with van der Waals surface area (Å²) in [6, 6.07) is 3.86. The number of rotatable bonds is 6. The molecule has 20 heavy (non-hydrogen) atoms. The monoisotopic (exact) mass is 298 g/mol. The number of aromatic carboxylic acids is 1. The molecule has 0 aliphatic heterocycles. The molecular weight excluding hydrogens is 280 g/mol. The minimum absolute atomic E-state index is 0.0337. The summed E-state index contributed by atoms with van der Waals surface area (Å²) in [4.78, 5) is 12.9. The number of carboxylic acids is 1. The van der Waals surface area contributed by atoms with Crippen LogP contribution in [0.15, 0.2) is 35.7 Å². The van der Waals surface area contributed by atoms with E-state index >= 15 is 0 Å². The molecule has 110 valence electrons. The van der Waals surface area contributed by atoms with Crippen molar-refractivity contribution in [2.45, 2.75) is 24.8 Å². The smallest absolute Gasteiger partial charge is 0.337 e. The van der Waals surface area contributed by atoms with E-state index in [0.717, 1.165) is 6.07 Å². The molecule has 0 bridgehead atoms. The lowest BCUT2D eigenvalue weighted by Crippen LogP contribution is -2.32. The molecule has 1 aromatic rings. The Kier molecular flexibility index (Phi) is 4.91. The third kappa shape index (κ3) is 3.58. The SMILES string of the molecule is C=CCN(c1ccc(S(N)(=O)=O)cc1C(=O)O)C(C)C. The van der Waals surface area contributed by atoms with Gasteiger partial charge in [-0.25, -0.2) is 18.4 Å². The Balaban J connectivity index is 3.47. The molecule has 0 aliphatic rings. The first-order valence-corrected chi connectivity index (χ1v) is 7.50. The Hall–Kier alpha value is -1.86. The van der Waals surface area contributed by atoms with Crippen molar-refractivity contribution in [2.75, 3.05) is 11.4 Å². The highest BCUT2D eigenvalue weighted by Crippen LogP contribution is 2.25. The molecule has 3 N–H and O–H groups in total. The lowest BCUT2D eigenvalue weighted by atomic mass is 10.1. The van der Waals surface area contributed by atoms with E-state index in [4.69, 9.17) is 5.14 Å². The molecule has 0 fully saturated rings. The molecule has 0 amide bonds. The Morgan fingerprint density at radius 1 is 1.50 bits per heavy atom. The van der Waals surface area contributed by atoms with E-state index in [1.807, 2.05) is 18.7 Å². The number of hydrogen-bond donors (Lipinski definition) is 2. The number of anilines is 1. The van der Waals surface area contributed by atoms with Gasteiger partial charge in [0.05, 0.1) is 16.1 Å². The fourth-order valence-electron chi connectivity index (χ4n) is 1.84. The summed E-state index contributed by atoms with van der Waals surface area (Å²) in [5, 5.41) is 14.3. The van der Waals surface area contributed by atoms with Gasteiger partial charge in [-0.1, -0.05) is 6.08 Å². The summed E-state index contributed by atoms with van der Waals surface area (Å²) in [6.07, 6.45) is 1.65. The number of nitrogens with two attached hydrogens (primary N) is 1. The van der Waals surface area contributed by atoms with Crippen LogP contribution < -0.4 is 10.0 Å². The normalized spacial score (nSPS) is 11.4. The quantitative estimate of drug-likeness (QED) is 0.774. The zero-order valence-corrected chi connectivity index (χ0v) is 12.2. The van der Waals surface area contributed by atoms with Gasteiger partial charge < -0.3 is 10.0 Å². The van der Waals surface area contributed by atoms with Crippen LogP contribution in [0.5, 0.6) is 0 Å². The zero-order valence-electron chi connectivity index (χ0n) is 11.4. The number of carboxylic acid groups (broad SMARTS) is 1. The zero-order chi connectivity index (χ0) is 15.5. The third-order valence-corrected chi connectivity index (χ3v) is 3.70. The number of benzene rings is 1. The lowest BCUT2D eigenvalue weighted by molar-refractivity contribution is 0.0697. The second-order valence-corrected chi connectivity index (χ2v) is 6.13. The average Bonchev–Trinajstić information content (AvgIpc) is 2.33. The van der Waals surface area contributed by atoms with Crippen LogP contribution in [0.1, 0.15) is 24.2 Å². The maximum absolute atomic E-state index is 11.3. The maximum Gasteiger partial charge on any atom is 0.337 e. The van der Waals surface area contributed by atoms with Gasteiger partial charge in [-0.2, -0.15) is 0 Å². The highest BCUT2D eigenvalue weighted by atomic mass is 32.2. The van der Waals surface area contributed by atoms with Crippen LogP contribution >= 0.6 is 0 Å². The Bertz CT molecular complexity index is 623. The molecule has 0 radical (unpaired) electrons. The summed E-state index contributed by atoms with van der Waals surface area (Å²) < 4.78 is 22.6. The highest BCUT2D eigenvalue weighted by molar-refractivity contribution is 7.89. The second-order valence-electron chi connectivity index (χ2n) is 4.56. The lowest BCUT2D eigenvalue weighted by Gasteiger charge is -2.29. The van der Waals surface area contributed by atoms with Crippen LogP contribution in [-0.4, -0.2) is 32.1 Å². The van der Waals surface area contributed by atoms with Crippen molar-refractivity contribution in [3.8, 4) is 0 Å². The fourth-order valence-corrected chi connectivity index (χ4v) is 2.38. The van der Waals surface area contributed by atoms with E-state index in [0.29, 0.717) is 12.2 Å². The number of sulfonamides is 1. The molecule has 0 atom stereocenters. The van der Waals surface area contributed by atoms with Gasteiger partial charge in [-0.15, -0.1) is 6.58 Å². The molecule has 0 saturated carbocycles. The minimum atomic E-state index is -3.94. The van der Waals surface area contributed by atoms with Gasteiger partial charge in [0, 0.05) is 12.6 Å². The minimum Gasteiger partial charge on any atom is -0.478 e. The third-order valence-electron chi connectivity index (χ3n) is 2.79. The van der Waals surface area contributed by atoms with E-state index in [1.54, 1.807) is 6.08 Å². The second kappa shape index (κ2) is 6.06. The van der Waals surface area contributed by atoms with Crippen LogP contribution in [0, 0.1) is 0 Å². The van der Waals surface area contributed by atoms with Gasteiger partial charge in [-0.3, -0.25) is 0 Å².